The van der Waals surface area contributed by atoms with Gasteiger partial charge in [0.05, 0.1) is 23.7 Å². The minimum absolute atomic E-state index is 0.0552. The molecule has 0 heterocycles. The number of hydrogen-bond donors (Lipinski definition) is 2. The van der Waals surface area contributed by atoms with E-state index in [1.54, 1.807) is 18.2 Å². The molecule has 0 fully saturated rings. The average molecular weight is 323 g/mol. The van der Waals surface area contributed by atoms with Gasteiger partial charge in [-0.1, -0.05) is 29.9 Å². The fourth-order valence-electron chi connectivity index (χ4n) is 1.32. The predicted molar refractivity (Wildman–Crippen MR) is 77.4 cm³/mol. The van der Waals surface area contributed by atoms with Crippen molar-refractivity contribution >= 4 is 40.4 Å². The molecule has 3 N–H and O–H groups in total. The third kappa shape index (κ3) is 5.77. The van der Waals surface area contributed by atoms with E-state index in [0.717, 1.165) is 0 Å². The van der Waals surface area contributed by atoms with Gasteiger partial charge in [0.15, 0.2) is 0 Å². The molecule has 0 radical (unpaired) electrons. The summed E-state index contributed by atoms with van der Waals surface area (Å²) in [5.41, 5.74) is 6.40. The second-order valence-corrected chi connectivity index (χ2v) is 4.67. The van der Waals surface area contributed by atoms with Crippen molar-refractivity contribution in [1.29, 1.82) is 0 Å². The third-order valence-corrected chi connectivity index (χ3v) is 2.81. The van der Waals surface area contributed by atoms with Crippen LogP contribution in [0.3, 0.4) is 0 Å². The maximum atomic E-state index is 11.8. The van der Waals surface area contributed by atoms with Gasteiger partial charge in [-0.2, -0.15) is 0 Å². The summed E-state index contributed by atoms with van der Waals surface area (Å²) in [6, 6.07) is 4.73. The molecule has 8 heteroatoms. The first-order valence-electron chi connectivity index (χ1n) is 5.65. The van der Waals surface area contributed by atoms with E-state index in [4.69, 9.17) is 29.6 Å². The zero-order valence-electron chi connectivity index (χ0n) is 10.4. The highest BCUT2D eigenvalue weighted by molar-refractivity contribution is 7.80. The minimum atomic E-state index is -2.55. The van der Waals surface area contributed by atoms with E-state index in [2.05, 4.69) is 10.1 Å². The van der Waals surface area contributed by atoms with Crippen LogP contribution in [-0.2, 0) is 9.53 Å². The quantitative estimate of drug-likeness (QED) is 0.598. The highest BCUT2D eigenvalue weighted by Crippen LogP contribution is 2.23. The monoisotopic (exact) mass is 322 g/mol. The molecule has 110 valence electrons. The van der Waals surface area contributed by atoms with Gasteiger partial charge in [0.1, 0.15) is 11.6 Å². The second kappa shape index (κ2) is 8.08. The summed E-state index contributed by atoms with van der Waals surface area (Å²) in [6.07, 6.45) is -2.60. The van der Waals surface area contributed by atoms with Gasteiger partial charge < -0.3 is 15.8 Å². The molecule has 0 saturated carbocycles. The second-order valence-electron chi connectivity index (χ2n) is 3.82. The summed E-state index contributed by atoms with van der Waals surface area (Å²) in [5.74, 6) is -0.402. The molecular weight excluding hydrogens is 310 g/mol. The first kappa shape index (κ1) is 16.7. The fraction of sp³-hybridized carbons (Fsp3) is 0.333. The van der Waals surface area contributed by atoms with Gasteiger partial charge in [-0.15, -0.1) is 0 Å². The highest BCUT2D eigenvalue weighted by Gasteiger charge is 2.09. The molecule has 1 rings (SSSR count). The van der Waals surface area contributed by atoms with Crippen molar-refractivity contribution < 1.29 is 18.3 Å². The number of carbonyl (C=O) groups excluding carboxylic acids is 1. The van der Waals surface area contributed by atoms with E-state index >= 15 is 0 Å². The number of thiocarbonyl (C=S) groups is 1. The lowest BCUT2D eigenvalue weighted by Gasteiger charge is -2.09. The Labute approximate surface area is 125 Å². The van der Waals surface area contributed by atoms with Gasteiger partial charge in [-0.05, 0) is 12.1 Å². The third-order valence-electron chi connectivity index (χ3n) is 2.24. The van der Waals surface area contributed by atoms with E-state index in [0.29, 0.717) is 16.3 Å². The Bertz CT molecular complexity index is 500. The highest BCUT2D eigenvalue weighted by atomic mass is 35.5. The molecule has 4 nitrogen and oxygen atoms in total. The number of ether oxygens (including phenoxy) is 1. The largest absolute Gasteiger partial charge is 0.389 e. The lowest BCUT2D eigenvalue weighted by Crippen LogP contribution is -2.16. The lowest BCUT2D eigenvalue weighted by atomic mass is 10.2. The Hall–Kier alpha value is -1.31. The SMILES string of the molecule is NC(=S)c1ccc(Cl)c(NC(=O)CCOCC(F)F)c1. The van der Waals surface area contributed by atoms with Crippen LogP contribution in [0, 0.1) is 0 Å². The van der Waals surface area contributed by atoms with Crippen LogP contribution in [0.4, 0.5) is 14.5 Å². The van der Waals surface area contributed by atoms with Crippen LogP contribution in [0.2, 0.25) is 5.02 Å². The molecule has 0 aliphatic carbocycles. The summed E-state index contributed by atoms with van der Waals surface area (Å²) in [6.45, 7) is -0.784. The molecule has 0 aliphatic heterocycles. The van der Waals surface area contributed by atoms with E-state index in [9.17, 15) is 13.6 Å². The standard InChI is InChI=1S/C12H13ClF2N2O2S/c13-8-2-1-7(12(16)20)5-9(8)17-11(18)3-4-19-6-10(14)15/h1-2,5,10H,3-4,6H2,(H2,16,20)(H,17,18). The van der Waals surface area contributed by atoms with Gasteiger partial charge >= 0.3 is 0 Å². The molecule has 0 bridgehead atoms. The number of benzene rings is 1. The number of amides is 1. The average Bonchev–Trinajstić information content (AvgIpc) is 2.37. The maximum absolute atomic E-state index is 11.8. The van der Waals surface area contributed by atoms with Gasteiger partial charge in [0.2, 0.25) is 5.91 Å². The Kier molecular flexibility index (Phi) is 6.77. The Morgan fingerprint density at radius 1 is 1.50 bits per heavy atom. The molecule has 0 saturated heterocycles. The first-order chi connectivity index (χ1) is 9.40. The summed E-state index contributed by atoms with van der Waals surface area (Å²) in [4.78, 5) is 11.8. The van der Waals surface area contributed by atoms with E-state index in [1.165, 1.54) is 0 Å². The zero-order valence-corrected chi connectivity index (χ0v) is 11.9. The molecule has 0 unspecified atom stereocenters. The van der Waals surface area contributed by atoms with E-state index in [1.807, 2.05) is 0 Å². The normalized spacial score (nSPS) is 10.6. The molecular formula is C12H13ClF2N2O2S. The maximum Gasteiger partial charge on any atom is 0.261 e. The molecule has 0 aliphatic rings. The molecule has 1 aromatic rings. The molecule has 1 amide bonds. The van der Waals surface area contributed by atoms with Crippen molar-refractivity contribution in [3.63, 3.8) is 0 Å². The molecule has 0 aromatic heterocycles. The van der Waals surface area contributed by atoms with Crippen molar-refractivity contribution in [2.45, 2.75) is 12.8 Å². The van der Waals surface area contributed by atoms with Crippen molar-refractivity contribution in [3.05, 3.63) is 28.8 Å². The number of halogens is 3. The minimum Gasteiger partial charge on any atom is -0.389 e. The number of hydrogen-bond acceptors (Lipinski definition) is 3. The Morgan fingerprint density at radius 2 is 2.20 bits per heavy atom. The van der Waals surface area contributed by atoms with Crippen LogP contribution in [0.5, 0.6) is 0 Å². The zero-order chi connectivity index (χ0) is 15.1. The van der Waals surface area contributed by atoms with Crippen LogP contribution >= 0.6 is 23.8 Å². The number of nitrogens with two attached hydrogens (primary N) is 1. The summed E-state index contributed by atoms with van der Waals surface area (Å²) < 4.78 is 28.2. The van der Waals surface area contributed by atoms with Crippen molar-refractivity contribution in [2.75, 3.05) is 18.5 Å². The predicted octanol–water partition coefficient (Wildman–Crippen LogP) is 2.58. The number of nitrogens with one attached hydrogen (secondary N) is 1. The van der Waals surface area contributed by atoms with Crippen LogP contribution in [0.25, 0.3) is 0 Å². The van der Waals surface area contributed by atoms with Gasteiger partial charge in [0.25, 0.3) is 6.43 Å². The number of alkyl halides is 2. The lowest BCUT2D eigenvalue weighted by molar-refractivity contribution is -0.117. The topological polar surface area (TPSA) is 64.3 Å². The smallest absolute Gasteiger partial charge is 0.261 e. The number of carbonyl (C=O) groups is 1. The van der Waals surface area contributed by atoms with Crippen LogP contribution in [0.1, 0.15) is 12.0 Å². The fourth-order valence-corrected chi connectivity index (χ4v) is 1.62. The van der Waals surface area contributed by atoms with Gasteiger partial charge in [0, 0.05) is 5.56 Å². The number of anilines is 1. The summed E-state index contributed by atoms with van der Waals surface area (Å²) in [5, 5.41) is 2.87. The number of rotatable bonds is 7. The van der Waals surface area contributed by atoms with Crippen LogP contribution in [-0.4, -0.2) is 30.5 Å². The molecule has 0 atom stereocenters. The van der Waals surface area contributed by atoms with E-state index < -0.39 is 18.9 Å². The first-order valence-corrected chi connectivity index (χ1v) is 6.44. The van der Waals surface area contributed by atoms with Crippen molar-refractivity contribution in [1.82, 2.24) is 0 Å². The summed E-state index contributed by atoms with van der Waals surface area (Å²) in [7, 11) is 0. The van der Waals surface area contributed by atoms with Crippen LogP contribution < -0.4 is 11.1 Å². The molecule has 1 aromatic carbocycles. The molecule has 20 heavy (non-hydrogen) atoms. The van der Waals surface area contributed by atoms with Crippen molar-refractivity contribution in [2.24, 2.45) is 5.73 Å². The summed E-state index contributed by atoms with van der Waals surface area (Å²) >= 11 is 10.7. The van der Waals surface area contributed by atoms with E-state index in [-0.39, 0.29) is 18.0 Å². The van der Waals surface area contributed by atoms with Crippen molar-refractivity contribution in [3.8, 4) is 0 Å². The Morgan fingerprint density at radius 3 is 2.80 bits per heavy atom. The molecule has 0 spiro atoms. The van der Waals surface area contributed by atoms with Gasteiger partial charge in [-0.3, -0.25) is 4.79 Å². The van der Waals surface area contributed by atoms with Gasteiger partial charge in [-0.25, -0.2) is 8.78 Å². The van der Waals surface area contributed by atoms with Crippen LogP contribution in [0.15, 0.2) is 18.2 Å². The Balaban J connectivity index is 2.53.